The monoisotopic (exact) mass is 353 g/mol. The Labute approximate surface area is 154 Å². The summed E-state index contributed by atoms with van der Waals surface area (Å²) in [6, 6.07) is 8.61. The minimum absolute atomic E-state index is 0.187. The molecule has 0 saturated carbocycles. The lowest BCUT2D eigenvalue weighted by Crippen LogP contribution is -2.39. The molecule has 1 atom stereocenters. The van der Waals surface area contributed by atoms with Crippen LogP contribution in [-0.2, 0) is 11.2 Å². The summed E-state index contributed by atoms with van der Waals surface area (Å²) in [6.45, 7) is 7.44. The van der Waals surface area contributed by atoms with E-state index in [4.69, 9.17) is 0 Å². The molecule has 1 amide bonds. The van der Waals surface area contributed by atoms with Crippen molar-refractivity contribution in [2.75, 3.05) is 13.1 Å². The van der Waals surface area contributed by atoms with Gasteiger partial charge in [0.2, 0.25) is 5.91 Å². The third-order valence-electron chi connectivity index (χ3n) is 5.33. The molecule has 0 aliphatic carbocycles. The number of rotatable bonds is 4. The van der Waals surface area contributed by atoms with E-state index >= 15 is 0 Å². The van der Waals surface area contributed by atoms with Gasteiger partial charge in [0.1, 0.15) is 0 Å². The zero-order valence-electron chi connectivity index (χ0n) is 15.8. The number of benzene rings is 1. The summed E-state index contributed by atoms with van der Waals surface area (Å²) in [6.07, 6.45) is 3.25. The van der Waals surface area contributed by atoms with E-state index in [-0.39, 0.29) is 11.6 Å². The van der Waals surface area contributed by atoms with Crippen LogP contribution in [0.25, 0.3) is 0 Å². The van der Waals surface area contributed by atoms with Crippen LogP contribution in [0.4, 0.5) is 0 Å². The van der Waals surface area contributed by atoms with E-state index in [1.54, 1.807) is 0 Å². The third-order valence-corrected chi connectivity index (χ3v) is 5.33. The Bertz CT molecular complexity index is 830. The first kappa shape index (κ1) is 18.4. The van der Waals surface area contributed by atoms with Crippen LogP contribution in [0.5, 0.6) is 0 Å². The van der Waals surface area contributed by atoms with Crippen LogP contribution in [0.15, 0.2) is 29.1 Å². The summed E-state index contributed by atoms with van der Waals surface area (Å²) in [7, 11) is 0. The summed E-state index contributed by atoms with van der Waals surface area (Å²) in [4.78, 5) is 32.8. The standard InChI is InChI=1S/C21H27N3O2/c1-14-6-4-7-17(12-14)18-8-5-11-24(13-18)20(25)10-9-19-15(2)22-21(26)23-16(19)3/h4,6-7,12,18H,5,8-11,13H2,1-3H3,(H,22,23,26). The van der Waals surface area contributed by atoms with E-state index in [0.717, 1.165) is 42.9 Å². The molecule has 0 spiro atoms. The van der Waals surface area contributed by atoms with Gasteiger partial charge in [0.15, 0.2) is 0 Å². The van der Waals surface area contributed by atoms with Crippen LogP contribution in [-0.4, -0.2) is 33.9 Å². The van der Waals surface area contributed by atoms with Gasteiger partial charge < -0.3 is 9.88 Å². The zero-order chi connectivity index (χ0) is 18.7. The number of aromatic nitrogens is 2. The molecule has 5 heteroatoms. The second kappa shape index (κ2) is 7.85. The number of amides is 1. The van der Waals surface area contributed by atoms with E-state index in [1.165, 1.54) is 11.1 Å². The van der Waals surface area contributed by atoms with Crippen LogP contribution >= 0.6 is 0 Å². The number of likely N-dealkylation sites (tertiary alicyclic amines) is 1. The fourth-order valence-electron chi connectivity index (χ4n) is 3.91. The van der Waals surface area contributed by atoms with Crippen LogP contribution in [0, 0.1) is 20.8 Å². The maximum absolute atomic E-state index is 12.7. The Balaban J connectivity index is 1.64. The first-order chi connectivity index (χ1) is 12.4. The number of nitrogens with zero attached hydrogens (tertiary/aromatic N) is 2. The molecule has 2 heterocycles. The highest BCUT2D eigenvalue weighted by atomic mass is 16.2. The van der Waals surface area contributed by atoms with E-state index in [9.17, 15) is 9.59 Å². The number of piperidine rings is 1. The van der Waals surface area contributed by atoms with Gasteiger partial charge >= 0.3 is 5.69 Å². The second-order valence-corrected chi connectivity index (χ2v) is 7.32. The zero-order valence-corrected chi connectivity index (χ0v) is 15.8. The molecule has 1 aliphatic heterocycles. The molecule has 1 aromatic heterocycles. The molecular formula is C21H27N3O2. The van der Waals surface area contributed by atoms with Gasteiger partial charge in [0, 0.05) is 36.8 Å². The van der Waals surface area contributed by atoms with Gasteiger partial charge in [0.05, 0.1) is 0 Å². The van der Waals surface area contributed by atoms with E-state index in [1.807, 2.05) is 18.7 Å². The maximum Gasteiger partial charge on any atom is 0.345 e. The molecule has 138 valence electrons. The first-order valence-electron chi connectivity index (χ1n) is 9.35. The lowest BCUT2D eigenvalue weighted by molar-refractivity contribution is -0.132. The molecule has 26 heavy (non-hydrogen) atoms. The minimum atomic E-state index is -0.327. The number of hydrogen-bond donors (Lipinski definition) is 1. The maximum atomic E-state index is 12.7. The Kier molecular flexibility index (Phi) is 5.55. The average Bonchev–Trinajstić information content (AvgIpc) is 2.60. The van der Waals surface area contributed by atoms with Crippen LogP contribution in [0.3, 0.4) is 0 Å². The van der Waals surface area contributed by atoms with Crippen LogP contribution in [0.2, 0.25) is 0 Å². The van der Waals surface area contributed by atoms with Gasteiger partial charge in [-0.1, -0.05) is 29.8 Å². The SMILES string of the molecule is Cc1cccc(C2CCCN(C(=O)CCc3c(C)nc(=O)[nH]c3C)C2)c1. The number of hydrogen-bond acceptors (Lipinski definition) is 3. The summed E-state index contributed by atoms with van der Waals surface area (Å²) in [5, 5.41) is 0. The summed E-state index contributed by atoms with van der Waals surface area (Å²) in [5.41, 5.74) is 4.78. The number of aromatic amines is 1. The highest BCUT2D eigenvalue weighted by molar-refractivity contribution is 5.76. The summed E-state index contributed by atoms with van der Waals surface area (Å²) >= 11 is 0. The number of H-pyrrole nitrogens is 1. The van der Waals surface area contributed by atoms with Crippen molar-refractivity contribution in [3.63, 3.8) is 0 Å². The molecule has 3 rings (SSSR count). The van der Waals surface area contributed by atoms with E-state index < -0.39 is 0 Å². The fraction of sp³-hybridized carbons (Fsp3) is 0.476. The van der Waals surface area contributed by atoms with Crippen molar-refractivity contribution in [1.82, 2.24) is 14.9 Å². The molecule has 0 bridgehead atoms. The largest absolute Gasteiger partial charge is 0.345 e. The van der Waals surface area contributed by atoms with Crippen molar-refractivity contribution in [3.8, 4) is 0 Å². The number of carbonyl (C=O) groups is 1. The lowest BCUT2D eigenvalue weighted by atomic mass is 9.89. The number of aryl methyl sites for hydroxylation is 3. The normalized spacial score (nSPS) is 17.3. The van der Waals surface area contributed by atoms with Crippen molar-refractivity contribution in [2.24, 2.45) is 0 Å². The number of carbonyl (C=O) groups excluding carboxylic acids is 1. The Hall–Kier alpha value is -2.43. The highest BCUT2D eigenvalue weighted by Gasteiger charge is 2.24. The van der Waals surface area contributed by atoms with Gasteiger partial charge in [-0.15, -0.1) is 0 Å². The molecule has 1 N–H and O–H groups in total. The molecule has 0 radical (unpaired) electrons. The Morgan fingerprint density at radius 2 is 2.12 bits per heavy atom. The molecule has 1 unspecified atom stereocenters. The molecule has 1 saturated heterocycles. The van der Waals surface area contributed by atoms with Crippen molar-refractivity contribution in [2.45, 2.75) is 52.4 Å². The van der Waals surface area contributed by atoms with E-state index in [0.29, 0.717) is 18.8 Å². The van der Waals surface area contributed by atoms with Crippen molar-refractivity contribution in [3.05, 3.63) is 62.8 Å². The second-order valence-electron chi connectivity index (χ2n) is 7.32. The third kappa shape index (κ3) is 4.21. The predicted octanol–water partition coefficient (Wildman–Crippen LogP) is 3.03. The fourth-order valence-corrected chi connectivity index (χ4v) is 3.91. The van der Waals surface area contributed by atoms with Crippen LogP contribution < -0.4 is 5.69 Å². The quantitative estimate of drug-likeness (QED) is 0.919. The molecule has 1 aromatic carbocycles. The predicted molar refractivity (Wildman–Crippen MR) is 102 cm³/mol. The van der Waals surface area contributed by atoms with Gasteiger partial charge in [0.25, 0.3) is 0 Å². The Morgan fingerprint density at radius 3 is 2.85 bits per heavy atom. The Morgan fingerprint density at radius 1 is 1.31 bits per heavy atom. The summed E-state index contributed by atoms with van der Waals surface area (Å²) < 4.78 is 0. The molecule has 1 aliphatic rings. The van der Waals surface area contributed by atoms with Gasteiger partial charge in [-0.05, 0) is 51.2 Å². The van der Waals surface area contributed by atoms with Gasteiger partial charge in [-0.3, -0.25) is 4.79 Å². The van der Waals surface area contributed by atoms with Crippen molar-refractivity contribution >= 4 is 5.91 Å². The smallest absolute Gasteiger partial charge is 0.342 e. The lowest BCUT2D eigenvalue weighted by Gasteiger charge is -2.33. The van der Waals surface area contributed by atoms with Gasteiger partial charge in [-0.25, -0.2) is 4.79 Å². The first-order valence-corrected chi connectivity index (χ1v) is 9.35. The van der Waals surface area contributed by atoms with Crippen molar-refractivity contribution < 1.29 is 4.79 Å². The molecule has 5 nitrogen and oxygen atoms in total. The van der Waals surface area contributed by atoms with E-state index in [2.05, 4.69) is 41.2 Å². The topological polar surface area (TPSA) is 66.1 Å². The molecule has 2 aromatic rings. The van der Waals surface area contributed by atoms with Crippen LogP contribution in [0.1, 0.15) is 53.3 Å². The minimum Gasteiger partial charge on any atom is -0.342 e. The number of nitrogens with one attached hydrogen (secondary N) is 1. The molecule has 1 fully saturated rings. The van der Waals surface area contributed by atoms with Gasteiger partial charge in [-0.2, -0.15) is 4.98 Å². The highest BCUT2D eigenvalue weighted by Crippen LogP contribution is 2.28. The van der Waals surface area contributed by atoms with Crippen molar-refractivity contribution in [1.29, 1.82) is 0 Å². The summed E-state index contributed by atoms with van der Waals surface area (Å²) in [5.74, 6) is 0.609. The average molecular weight is 353 g/mol. The molecular weight excluding hydrogens is 326 g/mol.